The van der Waals surface area contributed by atoms with Gasteiger partial charge in [0.25, 0.3) is 0 Å². The molecule has 84 valence electrons. The van der Waals surface area contributed by atoms with Gasteiger partial charge in [0.2, 0.25) is 0 Å². The van der Waals surface area contributed by atoms with Crippen molar-refractivity contribution in [1.29, 1.82) is 0 Å². The van der Waals surface area contributed by atoms with Crippen LogP contribution in [0, 0.1) is 0 Å². The fraction of sp³-hybridized carbons (Fsp3) is 0.400. The molecular weight excluding hydrogens is 200 g/mol. The van der Waals surface area contributed by atoms with Crippen molar-refractivity contribution >= 4 is 11.9 Å². The summed E-state index contributed by atoms with van der Waals surface area (Å²) in [6.45, 7) is 5.29. The molecule has 0 atom stereocenters. The van der Waals surface area contributed by atoms with Crippen molar-refractivity contribution < 1.29 is 24.2 Å². The van der Waals surface area contributed by atoms with Crippen LogP contribution in [0.25, 0.3) is 0 Å². The summed E-state index contributed by atoms with van der Waals surface area (Å²) in [5, 5.41) is 8.57. The van der Waals surface area contributed by atoms with Crippen LogP contribution in [0.3, 0.4) is 0 Å². The summed E-state index contributed by atoms with van der Waals surface area (Å²) in [5.74, 6) is -1.57. The number of hydrogen-bond donors (Lipinski definition) is 1. The first-order valence-electron chi connectivity index (χ1n) is 4.33. The van der Waals surface area contributed by atoms with Gasteiger partial charge in [-0.15, -0.1) is 0 Å². The zero-order valence-corrected chi connectivity index (χ0v) is 8.78. The highest BCUT2D eigenvalue weighted by Crippen LogP contribution is 2.08. The Kier molecular flexibility index (Phi) is 5.85. The number of carboxylic acid groups (broad SMARTS) is 1. The molecule has 0 spiro atoms. The van der Waals surface area contributed by atoms with Crippen LogP contribution in [0.2, 0.25) is 0 Å². The highest BCUT2D eigenvalue weighted by molar-refractivity contribution is 5.93. The Morgan fingerprint density at radius 3 is 2.47 bits per heavy atom. The first kappa shape index (κ1) is 13.2. The average Bonchev–Trinajstić information content (AvgIpc) is 2.16. The monoisotopic (exact) mass is 214 g/mol. The van der Waals surface area contributed by atoms with E-state index in [1.165, 1.54) is 13.2 Å². The molecule has 0 saturated heterocycles. The molecule has 0 amide bonds. The Hall–Kier alpha value is -1.78. The van der Waals surface area contributed by atoms with Crippen LogP contribution in [0.4, 0.5) is 0 Å². The van der Waals surface area contributed by atoms with Crippen molar-refractivity contribution in [2.24, 2.45) is 0 Å². The zero-order valence-electron chi connectivity index (χ0n) is 8.78. The molecule has 5 heteroatoms. The number of methoxy groups -OCH3 is 1. The summed E-state index contributed by atoms with van der Waals surface area (Å²) in [6, 6.07) is 0. The highest BCUT2D eigenvalue weighted by atomic mass is 16.5. The molecule has 5 nitrogen and oxygen atoms in total. The molecule has 1 N–H and O–H groups in total. The van der Waals surface area contributed by atoms with Crippen LogP contribution in [-0.4, -0.2) is 30.8 Å². The molecule has 0 radical (unpaired) electrons. The smallest absolute Gasteiger partial charge is 0.334 e. The predicted molar refractivity (Wildman–Crippen MR) is 53.1 cm³/mol. The van der Waals surface area contributed by atoms with Crippen LogP contribution in [-0.2, 0) is 19.1 Å². The van der Waals surface area contributed by atoms with Crippen molar-refractivity contribution in [3.63, 3.8) is 0 Å². The minimum absolute atomic E-state index is 0.0104. The molecule has 0 aliphatic carbocycles. The Balaban J connectivity index is 4.71. The SMILES string of the molecule is C=C(/C=C(\CC(=O)O)C(=O)OCC)OC. The fourth-order valence-corrected chi connectivity index (χ4v) is 0.822. The van der Waals surface area contributed by atoms with E-state index in [0.717, 1.165) is 0 Å². The van der Waals surface area contributed by atoms with Gasteiger partial charge in [-0.1, -0.05) is 6.58 Å². The van der Waals surface area contributed by atoms with Crippen LogP contribution in [0.15, 0.2) is 24.0 Å². The lowest BCUT2D eigenvalue weighted by Crippen LogP contribution is -2.11. The second-order valence-electron chi connectivity index (χ2n) is 2.63. The normalized spacial score (nSPS) is 10.7. The lowest BCUT2D eigenvalue weighted by atomic mass is 10.1. The van der Waals surface area contributed by atoms with E-state index in [9.17, 15) is 9.59 Å². The van der Waals surface area contributed by atoms with Crippen LogP contribution in [0.1, 0.15) is 13.3 Å². The van der Waals surface area contributed by atoms with Gasteiger partial charge in [0.15, 0.2) is 0 Å². The lowest BCUT2D eigenvalue weighted by molar-refractivity contribution is -0.142. The summed E-state index contributed by atoms with van der Waals surface area (Å²) in [5.41, 5.74) is 0.0104. The van der Waals surface area contributed by atoms with Gasteiger partial charge in [-0.25, -0.2) is 4.79 Å². The Morgan fingerprint density at radius 2 is 2.07 bits per heavy atom. The Labute approximate surface area is 88.0 Å². The molecule has 0 heterocycles. The van der Waals surface area contributed by atoms with E-state index in [4.69, 9.17) is 9.84 Å². The summed E-state index contributed by atoms with van der Waals surface area (Å²) in [7, 11) is 1.38. The van der Waals surface area contributed by atoms with E-state index in [2.05, 4.69) is 11.3 Å². The van der Waals surface area contributed by atoms with E-state index in [0.29, 0.717) is 0 Å². The van der Waals surface area contributed by atoms with Gasteiger partial charge in [-0.2, -0.15) is 0 Å². The third-order valence-corrected chi connectivity index (χ3v) is 1.48. The number of aliphatic carboxylic acids is 1. The molecular formula is C10H14O5. The summed E-state index contributed by atoms with van der Waals surface area (Å²) < 4.78 is 9.40. The Morgan fingerprint density at radius 1 is 1.47 bits per heavy atom. The molecule has 0 bridgehead atoms. The third-order valence-electron chi connectivity index (χ3n) is 1.48. The maximum Gasteiger partial charge on any atom is 0.334 e. The highest BCUT2D eigenvalue weighted by Gasteiger charge is 2.14. The zero-order chi connectivity index (χ0) is 11.8. The quantitative estimate of drug-likeness (QED) is 0.310. The number of rotatable bonds is 6. The van der Waals surface area contributed by atoms with Crippen LogP contribution >= 0.6 is 0 Å². The van der Waals surface area contributed by atoms with Crippen molar-refractivity contribution in [2.75, 3.05) is 13.7 Å². The van der Waals surface area contributed by atoms with Gasteiger partial charge < -0.3 is 14.6 Å². The maximum absolute atomic E-state index is 11.3. The van der Waals surface area contributed by atoms with E-state index in [-0.39, 0.29) is 17.9 Å². The van der Waals surface area contributed by atoms with Crippen LogP contribution in [0.5, 0.6) is 0 Å². The largest absolute Gasteiger partial charge is 0.497 e. The van der Waals surface area contributed by atoms with Gasteiger partial charge in [-0.05, 0) is 13.0 Å². The van der Waals surface area contributed by atoms with Crippen molar-refractivity contribution in [3.8, 4) is 0 Å². The number of carbonyl (C=O) groups excluding carboxylic acids is 1. The number of hydrogen-bond acceptors (Lipinski definition) is 4. The molecule has 0 aromatic rings. The van der Waals surface area contributed by atoms with Gasteiger partial charge in [0, 0.05) is 0 Å². The molecule has 0 rings (SSSR count). The van der Waals surface area contributed by atoms with Gasteiger partial charge in [0.05, 0.1) is 25.7 Å². The van der Waals surface area contributed by atoms with E-state index < -0.39 is 18.4 Å². The second kappa shape index (κ2) is 6.64. The number of allylic oxidation sites excluding steroid dienone is 1. The maximum atomic E-state index is 11.3. The lowest BCUT2D eigenvalue weighted by Gasteiger charge is -2.05. The molecule has 0 aromatic heterocycles. The van der Waals surface area contributed by atoms with Gasteiger partial charge in [0.1, 0.15) is 5.76 Å². The number of carboxylic acids is 1. The minimum Gasteiger partial charge on any atom is -0.497 e. The van der Waals surface area contributed by atoms with Crippen molar-refractivity contribution in [1.82, 2.24) is 0 Å². The summed E-state index contributed by atoms with van der Waals surface area (Å²) in [4.78, 5) is 21.7. The predicted octanol–water partition coefficient (Wildman–Crippen LogP) is 1.11. The molecule has 0 fully saturated rings. The van der Waals surface area contributed by atoms with Gasteiger partial charge >= 0.3 is 11.9 Å². The summed E-state index contributed by atoms with van der Waals surface area (Å²) >= 11 is 0. The second-order valence-corrected chi connectivity index (χ2v) is 2.63. The third kappa shape index (κ3) is 5.51. The minimum atomic E-state index is -1.11. The average molecular weight is 214 g/mol. The number of esters is 1. The first-order chi connectivity index (χ1) is 7.01. The molecule has 0 unspecified atom stereocenters. The van der Waals surface area contributed by atoms with Crippen molar-refractivity contribution in [2.45, 2.75) is 13.3 Å². The molecule has 0 saturated carbocycles. The Bertz CT molecular complexity index is 290. The van der Waals surface area contributed by atoms with Gasteiger partial charge in [-0.3, -0.25) is 4.79 Å². The fourth-order valence-electron chi connectivity index (χ4n) is 0.822. The van der Waals surface area contributed by atoms with E-state index in [1.54, 1.807) is 6.92 Å². The summed E-state index contributed by atoms with van der Waals surface area (Å²) in [6.07, 6.45) is 0.841. The molecule has 15 heavy (non-hydrogen) atoms. The first-order valence-corrected chi connectivity index (χ1v) is 4.33. The standard InChI is InChI=1S/C10H14O5/c1-4-15-10(13)8(6-9(11)12)5-7(2)14-3/h5H,2,4,6H2,1,3H3,(H,11,12)/b8-5+. The van der Waals surface area contributed by atoms with Crippen molar-refractivity contribution in [3.05, 3.63) is 24.0 Å². The molecule has 0 aliphatic heterocycles. The number of carbonyl (C=O) groups is 2. The molecule has 0 aromatic carbocycles. The van der Waals surface area contributed by atoms with E-state index >= 15 is 0 Å². The topological polar surface area (TPSA) is 72.8 Å². The van der Waals surface area contributed by atoms with E-state index in [1.807, 2.05) is 0 Å². The molecule has 0 aliphatic rings. The van der Waals surface area contributed by atoms with Crippen LogP contribution < -0.4 is 0 Å². The number of ether oxygens (including phenoxy) is 2.